The van der Waals surface area contributed by atoms with Gasteiger partial charge in [0.15, 0.2) is 6.23 Å². The molecule has 3 rings (SSSR count). The third-order valence-corrected chi connectivity index (χ3v) is 3.60. The van der Waals surface area contributed by atoms with Crippen LogP contribution < -0.4 is 0 Å². The average Bonchev–Trinajstić information content (AvgIpc) is 2.74. The number of benzene rings is 2. The summed E-state index contributed by atoms with van der Waals surface area (Å²) in [4.78, 5) is 14.4. The van der Waals surface area contributed by atoms with Crippen LogP contribution in [-0.2, 0) is 11.3 Å². The van der Waals surface area contributed by atoms with Crippen molar-refractivity contribution < 1.29 is 9.53 Å². The van der Waals surface area contributed by atoms with Gasteiger partial charge in [-0.05, 0) is 25.5 Å². The lowest BCUT2D eigenvalue weighted by atomic mass is 10.1. The number of fused-ring (bicyclic) bond motifs is 1. The Balaban J connectivity index is 1.93. The summed E-state index contributed by atoms with van der Waals surface area (Å²) in [7, 11) is 0. The Hall–Kier alpha value is -2.13. The molecule has 0 radical (unpaired) electrons. The van der Waals surface area contributed by atoms with Gasteiger partial charge in [0.2, 0.25) is 0 Å². The maximum atomic E-state index is 12.6. The Morgan fingerprint density at radius 1 is 1.05 bits per heavy atom. The molecule has 2 aromatic rings. The first-order chi connectivity index (χ1) is 10.2. The van der Waals surface area contributed by atoms with Gasteiger partial charge in [-0.15, -0.1) is 0 Å². The van der Waals surface area contributed by atoms with Crippen molar-refractivity contribution in [1.82, 2.24) is 4.90 Å². The first-order valence-corrected chi connectivity index (χ1v) is 7.26. The number of hydrogen-bond acceptors (Lipinski definition) is 2. The number of rotatable bonds is 4. The summed E-state index contributed by atoms with van der Waals surface area (Å²) in [5.74, 6) is 0.0418. The minimum Gasteiger partial charge on any atom is -0.351 e. The van der Waals surface area contributed by atoms with Gasteiger partial charge in [0, 0.05) is 17.7 Å². The predicted molar refractivity (Wildman–Crippen MR) is 81.7 cm³/mol. The second kappa shape index (κ2) is 5.70. The Labute approximate surface area is 125 Å². The van der Waals surface area contributed by atoms with Crippen molar-refractivity contribution in [1.29, 1.82) is 0 Å². The smallest absolute Gasteiger partial charge is 0.256 e. The molecule has 0 fully saturated rings. The lowest BCUT2D eigenvalue weighted by molar-refractivity contribution is -0.0717. The number of nitrogens with zero attached hydrogens (tertiary/aromatic N) is 1. The van der Waals surface area contributed by atoms with Crippen LogP contribution in [0, 0.1) is 0 Å². The van der Waals surface area contributed by atoms with Crippen LogP contribution >= 0.6 is 0 Å². The molecule has 1 unspecified atom stereocenters. The first kappa shape index (κ1) is 13.8. The van der Waals surface area contributed by atoms with Gasteiger partial charge in [-0.2, -0.15) is 0 Å². The van der Waals surface area contributed by atoms with Crippen molar-refractivity contribution in [2.75, 3.05) is 0 Å². The summed E-state index contributed by atoms with van der Waals surface area (Å²) in [5.41, 5.74) is 2.82. The minimum atomic E-state index is -0.297. The fraction of sp³-hybridized carbons (Fsp3) is 0.278. The zero-order valence-corrected chi connectivity index (χ0v) is 12.3. The second-order valence-electron chi connectivity index (χ2n) is 5.54. The van der Waals surface area contributed by atoms with Crippen molar-refractivity contribution in [3.05, 3.63) is 71.3 Å². The molecule has 0 saturated carbocycles. The van der Waals surface area contributed by atoms with E-state index in [-0.39, 0.29) is 18.2 Å². The summed E-state index contributed by atoms with van der Waals surface area (Å²) < 4.78 is 6.00. The summed E-state index contributed by atoms with van der Waals surface area (Å²) >= 11 is 0. The molecule has 0 N–H and O–H groups in total. The molecular weight excluding hydrogens is 262 g/mol. The first-order valence-electron chi connectivity index (χ1n) is 7.26. The van der Waals surface area contributed by atoms with Crippen molar-refractivity contribution in [3.63, 3.8) is 0 Å². The topological polar surface area (TPSA) is 29.5 Å². The van der Waals surface area contributed by atoms with E-state index in [2.05, 4.69) is 0 Å². The van der Waals surface area contributed by atoms with E-state index in [0.717, 1.165) is 16.7 Å². The van der Waals surface area contributed by atoms with Gasteiger partial charge in [0.25, 0.3) is 5.91 Å². The number of carbonyl (C=O) groups is 1. The third-order valence-electron chi connectivity index (χ3n) is 3.60. The minimum absolute atomic E-state index is 0.0418. The number of hydrogen-bond donors (Lipinski definition) is 0. The Bertz CT molecular complexity index is 637. The van der Waals surface area contributed by atoms with E-state index >= 15 is 0 Å². The van der Waals surface area contributed by atoms with Crippen LogP contribution in [0.2, 0.25) is 0 Å². The zero-order chi connectivity index (χ0) is 14.8. The highest BCUT2D eigenvalue weighted by Crippen LogP contribution is 2.36. The van der Waals surface area contributed by atoms with Crippen LogP contribution in [0.5, 0.6) is 0 Å². The maximum absolute atomic E-state index is 12.6. The van der Waals surface area contributed by atoms with Crippen LogP contribution in [0.25, 0.3) is 0 Å². The quantitative estimate of drug-likeness (QED) is 0.854. The molecule has 1 aliphatic heterocycles. The molecule has 0 spiro atoms. The maximum Gasteiger partial charge on any atom is 0.256 e. The lowest BCUT2D eigenvalue weighted by Crippen LogP contribution is -2.30. The van der Waals surface area contributed by atoms with Gasteiger partial charge >= 0.3 is 0 Å². The van der Waals surface area contributed by atoms with Crippen LogP contribution in [0.1, 0.15) is 41.6 Å². The predicted octanol–water partition coefficient (Wildman–Crippen LogP) is 3.77. The van der Waals surface area contributed by atoms with E-state index in [0.29, 0.717) is 6.54 Å². The second-order valence-corrected chi connectivity index (χ2v) is 5.54. The summed E-state index contributed by atoms with van der Waals surface area (Å²) in [6.45, 7) is 4.55. The highest BCUT2D eigenvalue weighted by molar-refractivity contribution is 5.98. The Kier molecular flexibility index (Phi) is 3.76. The van der Waals surface area contributed by atoms with Crippen LogP contribution in [-0.4, -0.2) is 16.9 Å². The van der Waals surface area contributed by atoms with E-state index in [1.165, 1.54) is 0 Å². The molecule has 0 bridgehead atoms. The van der Waals surface area contributed by atoms with Crippen LogP contribution in [0.3, 0.4) is 0 Å². The lowest BCUT2D eigenvalue weighted by Gasteiger charge is -2.27. The SMILES string of the molecule is CC(C)OC1c2ccccc2C(=O)N1Cc1ccccc1. The molecule has 1 heterocycles. The molecule has 1 atom stereocenters. The summed E-state index contributed by atoms with van der Waals surface area (Å²) in [6.07, 6.45) is -0.235. The third kappa shape index (κ3) is 2.69. The van der Waals surface area contributed by atoms with E-state index in [1.54, 1.807) is 4.90 Å². The van der Waals surface area contributed by atoms with Crippen LogP contribution in [0.15, 0.2) is 54.6 Å². The van der Waals surface area contributed by atoms with Gasteiger partial charge in [0.1, 0.15) is 0 Å². The average molecular weight is 281 g/mol. The fourth-order valence-electron chi connectivity index (χ4n) is 2.68. The molecule has 1 aliphatic rings. The largest absolute Gasteiger partial charge is 0.351 e. The van der Waals surface area contributed by atoms with Gasteiger partial charge in [-0.3, -0.25) is 4.79 Å². The van der Waals surface area contributed by atoms with Gasteiger partial charge < -0.3 is 9.64 Å². The van der Waals surface area contributed by atoms with E-state index in [9.17, 15) is 4.79 Å². The number of amides is 1. The van der Waals surface area contributed by atoms with Crippen molar-refractivity contribution in [2.24, 2.45) is 0 Å². The normalized spacial score (nSPS) is 17.4. The highest BCUT2D eigenvalue weighted by atomic mass is 16.5. The molecular formula is C18H19NO2. The number of ether oxygens (including phenoxy) is 1. The molecule has 2 aromatic carbocycles. The van der Waals surface area contributed by atoms with Crippen LogP contribution in [0.4, 0.5) is 0 Å². The van der Waals surface area contributed by atoms with E-state index in [4.69, 9.17) is 4.74 Å². The molecule has 0 saturated heterocycles. The van der Waals surface area contributed by atoms with Gasteiger partial charge in [-0.25, -0.2) is 0 Å². The molecule has 3 heteroatoms. The summed E-state index contributed by atoms with van der Waals surface area (Å²) in [6, 6.07) is 17.7. The molecule has 1 amide bonds. The van der Waals surface area contributed by atoms with Crippen molar-refractivity contribution in [2.45, 2.75) is 32.7 Å². The molecule has 0 aromatic heterocycles. The highest BCUT2D eigenvalue weighted by Gasteiger charge is 2.37. The molecule has 21 heavy (non-hydrogen) atoms. The molecule has 3 nitrogen and oxygen atoms in total. The van der Waals surface area contributed by atoms with E-state index in [1.807, 2.05) is 68.4 Å². The Morgan fingerprint density at radius 3 is 2.43 bits per heavy atom. The van der Waals surface area contributed by atoms with Gasteiger partial charge in [-0.1, -0.05) is 48.5 Å². The van der Waals surface area contributed by atoms with Crippen molar-refractivity contribution >= 4 is 5.91 Å². The van der Waals surface area contributed by atoms with Gasteiger partial charge in [0.05, 0.1) is 6.10 Å². The van der Waals surface area contributed by atoms with Crippen molar-refractivity contribution in [3.8, 4) is 0 Å². The molecule has 0 aliphatic carbocycles. The standard InChI is InChI=1S/C18H19NO2/c1-13(2)21-18-16-11-7-6-10-15(16)17(20)19(18)12-14-8-4-3-5-9-14/h3-11,13,18H,12H2,1-2H3. The van der Waals surface area contributed by atoms with E-state index < -0.39 is 0 Å². The Morgan fingerprint density at radius 2 is 1.71 bits per heavy atom. The zero-order valence-electron chi connectivity index (χ0n) is 12.3. The summed E-state index contributed by atoms with van der Waals surface area (Å²) in [5, 5.41) is 0. The monoisotopic (exact) mass is 281 g/mol. The fourth-order valence-corrected chi connectivity index (χ4v) is 2.68. The molecule has 108 valence electrons. The number of carbonyl (C=O) groups excluding carboxylic acids is 1.